The van der Waals surface area contributed by atoms with E-state index in [-0.39, 0.29) is 4.90 Å². The molecule has 40 heavy (non-hydrogen) atoms. The van der Waals surface area contributed by atoms with Crippen LogP contribution >= 0.6 is 0 Å². The molecule has 0 spiro atoms. The minimum Gasteiger partial charge on any atom is -0.497 e. The van der Waals surface area contributed by atoms with Crippen molar-refractivity contribution >= 4 is 20.9 Å². The van der Waals surface area contributed by atoms with Crippen molar-refractivity contribution < 1.29 is 17.9 Å². The average Bonchev–Trinajstić information content (AvgIpc) is 3.41. The van der Waals surface area contributed by atoms with Gasteiger partial charge in [0.15, 0.2) is 0 Å². The SMILES string of the molecule is COc1ccc(-c2ccnc(-c3cc4cc(OCc5ccccc5)ccc4n3S(=O)(=O)c3ccccc3)c2)cc1. The van der Waals surface area contributed by atoms with Gasteiger partial charge in [0.25, 0.3) is 10.0 Å². The Hall–Kier alpha value is -4.88. The van der Waals surface area contributed by atoms with Gasteiger partial charge in [-0.05, 0) is 77.4 Å². The van der Waals surface area contributed by atoms with Gasteiger partial charge in [-0.2, -0.15) is 0 Å². The van der Waals surface area contributed by atoms with Crippen molar-refractivity contribution in [3.8, 4) is 34.0 Å². The molecule has 0 atom stereocenters. The molecule has 6 nitrogen and oxygen atoms in total. The topological polar surface area (TPSA) is 70.4 Å². The van der Waals surface area contributed by atoms with Crippen molar-refractivity contribution in [1.29, 1.82) is 0 Å². The van der Waals surface area contributed by atoms with Crippen LogP contribution < -0.4 is 9.47 Å². The second kappa shape index (κ2) is 10.7. The van der Waals surface area contributed by atoms with Gasteiger partial charge in [-0.15, -0.1) is 0 Å². The smallest absolute Gasteiger partial charge is 0.268 e. The molecule has 2 aromatic heterocycles. The molecule has 0 N–H and O–H groups in total. The molecule has 198 valence electrons. The number of nitrogens with zero attached hydrogens (tertiary/aromatic N) is 2. The number of fused-ring (bicyclic) bond motifs is 1. The third-order valence-electron chi connectivity index (χ3n) is 6.70. The maximum atomic E-state index is 14.0. The van der Waals surface area contributed by atoms with Crippen molar-refractivity contribution in [2.75, 3.05) is 7.11 Å². The van der Waals surface area contributed by atoms with Gasteiger partial charge in [0, 0.05) is 11.6 Å². The third kappa shape index (κ3) is 4.95. The summed E-state index contributed by atoms with van der Waals surface area (Å²) in [6, 6.07) is 37.2. The standard InChI is InChI=1S/C33H26N2O4S/c1-38-28-14-12-25(13-15-28)26-18-19-34-31(21-26)33-22-27-20-29(39-23-24-8-4-2-5-9-24)16-17-32(27)35(33)40(36,37)30-10-6-3-7-11-30/h2-22H,23H2,1H3. The highest BCUT2D eigenvalue weighted by molar-refractivity contribution is 7.90. The number of hydrogen-bond donors (Lipinski definition) is 0. The zero-order valence-electron chi connectivity index (χ0n) is 21.8. The van der Waals surface area contributed by atoms with Crippen LogP contribution in [0.4, 0.5) is 0 Å². The lowest BCUT2D eigenvalue weighted by molar-refractivity contribution is 0.306. The van der Waals surface area contributed by atoms with Crippen molar-refractivity contribution in [2.24, 2.45) is 0 Å². The third-order valence-corrected chi connectivity index (χ3v) is 8.45. The Morgan fingerprint density at radius 1 is 0.725 bits per heavy atom. The van der Waals surface area contributed by atoms with Crippen LogP contribution in [0.5, 0.6) is 11.5 Å². The lowest BCUT2D eigenvalue weighted by atomic mass is 10.1. The summed E-state index contributed by atoms with van der Waals surface area (Å²) in [6.07, 6.45) is 1.69. The molecule has 0 saturated heterocycles. The number of ether oxygens (including phenoxy) is 2. The van der Waals surface area contributed by atoms with Crippen LogP contribution in [0.15, 0.2) is 132 Å². The number of aromatic nitrogens is 2. The summed E-state index contributed by atoms with van der Waals surface area (Å²) in [4.78, 5) is 4.79. The lowest BCUT2D eigenvalue weighted by Gasteiger charge is -2.13. The highest BCUT2D eigenvalue weighted by atomic mass is 32.2. The van der Waals surface area contributed by atoms with Crippen LogP contribution in [0.3, 0.4) is 0 Å². The summed E-state index contributed by atoms with van der Waals surface area (Å²) in [7, 11) is -2.31. The monoisotopic (exact) mass is 546 g/mol. The number of benzene rings is 4. The number of hydrogen-bond acceptors (Lipinski definition) is 5. The summed E-state index contributed by atoms with van der Waals surface area (Å²) in [5.41, 5.74) is 4.47. The molecule has 7 heteroatoms. The fourth-order valence-electron chi connectivity index (χ4n) is 4.67. The van der Waals surface area contributed by atoms with E-state index in [2.05, 4.69) is 4.98 Å². The highest BCUT2D eigenvalue weighted by Crippen LogP contribution is 2.35. The van der Waals surface area contributed by atoms with Gasteiger partial charge in [-0.3, -0.25) is 4.98 Å². The first-order chi connectivity index (χ1) is 19.5. The van der Waals surface area contributed by atoms with E-state index in [9.17, 15) is 8.42 Å². The van der Waals surface area contributed by atoms with E-state index in [1.54, 1.807) is 55.8 Å². The van der Waals surface area contributed by atoms with Gasteiger partial charge in [0.1, 0.15) is 18.1 Å². The van der Waals surface area contributed by atoms with Crippen molar-refractivity contribution in [1.82, 2.24) is 8.96 Å². The second-order valence-electron chi connectivity index (χ2n) is 9.27. The Morgan fingerprint density at radius 2 is 1.43 bits per heavy atom. The molecule has 0 aliphatic carbocycles. The predicted molar refractivity (Wildman–Crippen MR) is 157 cm³/mol. The van der Waals surface area contributed by atoms with Gasteiger partial charge >= 0.3 is 0 Å². The molecular formula is C33H26N2O4S. The molecule has 0 aliphatic rings. The van der Waals surface area contributed by atoms with E-state index < -0.39 is 10.0 Å². The molecule has 2 heterocycles. The van der Waals surface area contributed by atoms with Crippen LogP contribution in [0, 0.1) is 0 Å². The summed E-state index contributed by atoms with van der Waals surface area (Å²) in [5.74, 6) is 1.41. The molecule has 0 saturated carbocycles. The molecule has 0 radical (unpaired) electrons. The van der Waals surface area contributed by atoms with Crippen molar-refractivity contribution in [2.45, 2.75) is 11.5 Å². The van der Waals surface area contributed by atoms with Crippen LogP contribution in [-0.4, -0.2) is 24.5 Å². The Bertz CT molecular complexity index is 1880. The Morgan fingerprint density at radius 3 is 2.15 bits per heavy atom. The molecule has 4 aromatic carbocycles. The fraction of sp³-hybridized carbons (Fsp3) is 0.0606. The first-order valence-electron chi connectivity index (χ1n) is 12.8. The maximum absolute atomic E-state index is 14.0. The molecule has 0 amide bonds. The molecule has 6 rings (SSSR count). The lowest BCUT2D eigenvalue weighted by Crippen LogP contribution is -2.14. The van der Waals surface area contributed by atoms with Crippen molar-refractivity contribution in [3.05, 3.63) is 133 Å². The van der Waals surface area contributed by atoms with Crippen LogP contribution in [0.25, 0.3) is 33.4 Å². The molecule has 0 aliphatic heterocycles. The van der Waals surface area contributed by atoms with Gasteiger partial charge < -0.3 is 9.47 Å². The van der Waals surface area contributed by atoms with Gasteiger partial charge in [-0.25, -0.2) is 12.4 Å². The van der Waals surface area contributed by atoms with E-state index in [0.717, 1.165) is 27.8 Å². The van der Waals surface area contributed by atoms with E-state index in [4.69, 9.17) is 9.47 Å². The fourth-order valence-corrected chi connectivity index (χ4v) is 6.21. The average molecular weight is 547 g/mol. The second-order valence-corrected chi connectivity index (χ2v) is 11.1. The van der Waals surface area contributed by atoms with Crippen LogP contribution in [0.1, 0.15) is 5.56 Å². The maximum Gasteiger partial charge on any atom is 0.268 e. The van der Waals surface area contributed by atoms with Gasteiger partial charge in [0.2, 0.25) is 0 Å². The Kier molecular flexibility index (Phi) is 6.80. The highest BCUT2D eigenvalue weighted by Gasteiger charge is 2.25. The largest absolute Gasteiger partial charge is 0.497 e. The zero-order chi connectivity index (χ0) is 27.5. The summed E-state index contributed by atoms with van der Waals surface area (Å²) < 4.78 is 40.7. The molecular weight excluding hydrogens is 520 g/mol. The molecule has 0 unspecified atom stereocenters. The summed E-state index contributed by atoms with van der Waals surface area (Å²) in [6.45, 7) is 0.410. The number of rotatable bonds is 8. The Labute approximate surface area is 233 Å². The van der Waals surface area contributed by atoms with Gasteiger partial charge in [0.05, 0.1) is 28.9 Å². The predicted octanol–water partition coefficient (Wildman–Crippen LogP) is 7.19. The minimum atomic E-state index is -3.94. The quantitative estimate of drug-likeness (QED) is 0.202. The number of pyridine rings is 1. The minimum absolute atomic E-state index is 0.199. The molecule has 6 aromatic rings. The first-order valence-corrected chi connectivity index (χ1v) is 14.2. The van der Waals surface area contributed by atoms with E-state index >= 15 is 0 Å². The summed E-state index contributed by atoms with van der Waals surface area (Å²) >= 11 is 0. The summed E-state index contributed by atoms with van der Waals surface area (Å²) in [5, 5.41) is 0.733. The normalized spacial score (nSPS) is 11.4. The van der Waals surface area contributed by atoms with E-state index in [1.165, 1.54) is 3.97 Å². The van der Waals surface area contributed by atoms with Crippen LogP contribution in [-0.2, 0) is 16.6 Å². The first kappa shape index (κ1) is 25.4. The van der Waals surface area contributed by atoms with Crippen LogP contribution in [0.2, 0.25) is 0 Å². The van der Waals surface area contributed by atoms with E-state index in [0.29, 0.717) is 29.3 Å². The van der Waals surface area contributed by atoms with Gasteiger partial charge in [-0.1, -0.05) is 60.7 Å². The number of methoxy groups -OCH3 is 1. The van der Waals surface area contributed by atoms with Crippen molar-refractivity contribution in [3.63, 3.8) is 0 Å². The molecule has 0 fully saturated rings. The van der Waals surface area contributed by atoms with E-state index in [1.807, 2.05) is 78.9 Å². The zero-order valence-corrected chi connectivity index (χ0v) is 22.6. The Balaban J connectivity index is 1.47. The molecule has 0 bridgehead atoms.